The molecule has 3 heteroatoms. The Morgan fingerprint density at radius 3 is 2.31 bits per heavy atom. The van der Waals surface area contributed by atoms with Crippen LogP contribution in [0, 0.1) is 0 Å². The van der Waals surface area contributed by atoms with Gasteiger partial charge >= 0.3 is 197 Å². The third kappa shape index (κ3) is 3.31. The predicted octanol–water partition coefficient (Wildman–Crippen LogP) is 6.37. The molecule has 0 bridgehead atoms. The number of benzene rings is 3. The molecule has 1 aliphatic heterocycles. The standard InChI is InChI=1S/C29H33GeNSi/c1-19(2)26-17-21(16-20-10-8-9-11-23(20)26)28-29-25(14-15-31-28)24-13-12-22(30(3,4)5)18-27(24)32(29,6)7/h8-19H,1-7H3. The molecule has 0 amide bonds. The quantitative estimate of drug-likeness (QED) is 0.301. The second-order valence-corrected chi connectivity index (χ2v) is 26.1. The van der Waals surface area contributed by atoms with Crippen molar-refractivity contribution in [2.45, 2.75) is 50.1 Å². The molecule has 0 saturated heterocycles. The Morgan fingerprint density at radius 1 is 0.844 bits per heavy atom. The van der Waals surface area contributed by atoms with Crippen molar-refractivity contribution in [1.29, 1.82) is 0 Å². The van der Waals surface area contributed by atoms with Crippen molar-refractivity contribution in [3.05, 3.63) is 72.4 Å². The Bertz CT molecular complexity index is 1360. The molecule has 32 heavy (non-hydrogen) atoms. The van der Waals surface area contributed by atoms with Gasteiger partial charge in [-0.2, -0.15) is 0 Å². The van der Waals surface area contributed by atoms with Crippen LogP contribution in [0.5, 0.6) is 0 Å². The summed E-state index contributed by atoms with van der Waals surface area (Å²) in [6.07, 6.45) is 2.02. The number of rotatable bonds is 3. The van der Waals surface area contributed by atoms with E-state index in [9.17, 15) is 0 Å². The first-order chi connectivity index (χ1) is 15.1. The maximum atomic E-state index is 5.02. The van der Waals surface area contributed by atoms with Gasteiger partial charge in [0, 0.05) is 0 Å². The monoisotopic (exact) mass is 497 g/mol. The average Bonchev–Trinajstić information content (AvgIpc) is 2.99. The molecular formula is C29H33GeNSi. The number of nitrogens with zero attached hydrogens (tertiary/aromatic N) is 1. The van der Waals surface area contributed by atoms with Crippen LogP contribution in [0.2, 0.25) is 30.4 Å². The Hall–Kier alpha value is -2.17. The van der Waals surface area contributed by atoms with Crippen molar-refractivity contribution >= 4 is 46.9 Å². The van der Waals surface area contributed by atoms with E-state index >= 15 is 0 Å². The molecule has 1 nitrogen and oxygen atoms in total. The van der Waals surface area contributed by atoms with Gasteiger partial charge in [0.05, 0.1) is 0 Å². The summed E-state index contributed by atoms with van der Waals surface area (Å²) in [5.74, 6) is 7.95. The van der Waals surface area contributed by atoms with Crippen LogP contribution in [-0.4, -0.2) is 26.3 Å². The van der Waals surface area contributed by atoms with Crippen molar-refractivity contribution in [2.24, 2.45) is 0 Å². The van der Waals surface area contributed by atoms with Crippen LogP contribution in [0.3, 0.4) is 0 Å². The Balaban J connectivity index is 1.77. The van der Waals surface area contributed by atoms with Crippen molar-refractivity contribution in [3.63, 3.8) is 0 Å². The van der Waals surface area contributed by atoms with E-state index in [1.54, 1.807) is 9.58 Å². The first-order valence-corrected chi connectivity index (χ1v) is 22.1. The number of aromatic nitrogens is 1. The predicted molar refractivity (Wildman–Crippen MR) is 146 cm³/mol. The zero-order valence-corrected chi connectivity index (χ0v) is 23.5. The van der Waals surface area contributed by atoms with Gasteiger partial charge in [-0.3, -0.25) is 0 Å². The molecule has 0 radical (unpaired) electrons. The third-order valence-corrected chi connectivity index (χ3v) is 15.0. The summed E-state index contributed by atoms with van der Waals surface area (Å²) < 4.78 is 1.61. The van der Waals surface area contributed by atoms with E-state index in [0.29, 0.717) is 5.92 Å². The Labute approximate surface area is 196 Å². The molecule has 3 aromatic carbocycles. The molecular weight excluding hydrogens is 463 g/mol. The van der Waals surface area contributed by atoms with Gasteiger partial charge in [0.2, 0.25) is 0 Å². The van der Waals surface area contributed by atoms with E-state index in [1.165, 1.54) is 43.9 Å². The summed E-state index contributed by atoms with van der Waals surface area (Å²) in [6, 6.07) is 23.2. The minimum atomic E-state index is -1.89. The molecule has 1 aromatic heterocycles. The molecule has 0 saturated carbocycles. The van der Waals surface area contributed by atoms with Gasteiger partial charge in [-0.1, -0.05) is 0 Å². The van der Waals surface area contributed by atoms with E-state index < -0.39 is 21.3 Å². The van der Waals surface area contributed by atoms with Crippen LogP contribution in [0.25, 0.3) is 33.2 Å². The van der Waals surface area contributed by atoms with Gasteiger partial charge in [0.15, 0.2) is 0 Å². The van der Waals surface area contributed by atoms with Crippen LogP contribution in [0.15, 0.2) is 66.9 Å². The van der Waals surface area contributed by atoms with Crippen LogP contribution in [-0.2, 0) is 0 Å². The number of pyridine rings is 1. The van der Waals surface area contributed by atoms with E-state index in [1.807, 2.05) is 6.20 Å². The van der Waals surface area contributed by atoms with E-state index in [4.69, 9.17) is 4.98 Å². The second kappa shape index (κ2) is 7.43. The van der Waals surface area contributed by atoms with Crippen molar-refractivity contribution in [1.82, 2.24) is 4.98 Å². The molecule has 162 valence electrons. The fraction of sp³-hybridized carbons (Fsp3) is 0.276. The first kappa shape index (κ1) is 21.7. The average molecular weight is 496 g/mol. The van der Waals surface area contributed by atoms with E-state index in [0.717, 1.165) is 0 Å². The Kier molecular flexibility index (Phi) is 5.03. The molecule has 2 heterocycles. The molecule has 0 N–H and O–H groups in total. The van der Waals surface area contributed by atoms with Gasteiger partial charge in [-0.05, 0) is 0 Å². The zero-order valence-electron chi connectivity index (χ0n) is 20.4. The van der Waals surface area contributed by atoms with Crippen molar-refractivity contribution in [3.8, 4) is 22.4 Å². The van der Waals surface area contributed by atoms with E-state index in [-0.39, 0.29) is 0 Å². The summed E-state index contributed by atoms with van der Waals surface area (Å²) in [6.45, 7) is 9.63. The normalized spacial score (nSPS) is 14.6. The molecule has 0 fully saturated rings. The molecule has 5 rings (SSSR count). The molecule has 4 aromatic rings. The number of hydrogen-bond donors (Lipinski definition) is 0. The van der Waals surface area contributed by atoms with E-state index in [2.05, 4.69) is 105 Å². The topological polar surface area (TPSA) is 12.9 Å². The molecule has 0 atom stereocenters. The number of fused-ring (bicyclic) bond motifs is 4. The summed E-state index contributed by atoms with van der Waals surface area (Å²) >= 11 is -1.89. The van der Waals surface area contributed by atoms with Crippen molar-refractivity contribution in [2.75, 3.05) is 0 Å². The van der Waals surface area contributed by atoms with Gasteiger partial charge in [-0.25, -0.2) is 0 Å². The first-order valence-electron chi connectivity index (χ1n) is 11.8. The third-order valence-electron chi connectivity index (χ3n) is 7.21. The summed E-state index contributed by atoms with van der Waals surface area (Å²) in [7, 11) is -1.86. The minimum absolute atomic E-state index is 0.472. The molecule has 1 aliphatic rings. The summed E-state index contributed by atoms with van der Waals surface area (Å²) in [4.78, 5) is 5.02. The Morgan fingerprint density at radius 2 is 1.59 bits per heavy atom. The fourth-order valence-electron chi connectivity index (χ4n) is 5.39. The fourth-order valence-corrected chi connectivity index (χ4v) is 11.5. The van der Waals surface area contributed by atoms with Crippen LogP contribution in [0.4, 0.5) is 0 Å². The number of hydrogen-bond acceptors (Lipinski definition) is 1. The van der Waals surface area contributed by atoms with Gasteiger partial charge in [0.1, 0.15) is 0 Å². The van der Waals surface area contributed by atoms with Crippen LogP contribution >= 0.6 is 0 Å². The summed E-state index contributed by atoms with van der Waals surface area (Å²) in [5, 5.41) is 5.79. The van der Waals surface area contributed by atoms with Crippen LogP contribution in [0.1, 0.15) is 25.3 Å². The van der Waals surface area contributed by atoms with Gasteiger partial charge in [0.25, 0.3) is 0 Å². The maximum absolute atomic E-state index is 5.02. The molecule has 0 spiro atoms. The van der Waals surface area contributed by atoms with Crippen molar-refractivity contribution < 1.29 is 0 Å². The van der Waals surface area contributed by atoms with Gasteiger partial charge in [-0.15, -0.1) is 0 Å². The second-order valence-electron chi connectivity index (χ2n) is 11.2. The van der Waals surface area contributed by atoms with Crippen LogP contribution < -0.4 is 14.8 Å². The summed E-state index contributed by atoms with van der Waals surface area (Å²) in [5.41, 5.74) is 6.73. The zero-order chi connectivity index (χ0) is 22.8. The molecule has 0 aliphatic carbocycles. The molecule has 0 unspecified atom stereocenters. The SMILES string of the molecule is CC(C)c1cc(-c2nccc3c2[Si](C)(C)c2c[c]([Ge]([CH3])([CH3])[CH3])ccc2-3)cc2ccccc12. The van der Waals surface area contributed by atoms with Gasteiger partial charge < -0.3 is 0 Å².